The summed E-state index contributed by atoms with van der Waals surface area (Å²) in [5, 5.41) is 0.979. The second kappa shape index (κ2) is 8.37. The zero-order valence-electron chi connectivity index (χ0n) is 15.9. The van der Waals surface area contributed by atoms with E-state index in [2.05, 4.69) is 4.98 Å². The number of piperidine rings is 1. The van der Waals surface area contributed by atoms with Crippen molar-refractivity contribution < 1.29 is 14.3 Å². The lowest BCUT2D eigenvalue weighted by atomic mass is 9.96. The normalized spacial score (nSPS) is 15.1. The molecule has 3 rings (SSSR count). The summed E-state index contributed by atoms with van der Waals surface area (Å²) in [6.45, 7) is 5.32. The molecule has 1 N–H and O–H groups in total. The van der Waals surface area contributed by atoms with Gasteiger partial charge in [0, 0.05) is 30.6 Å². The molecule has 0 atom stereocenters. The number of fused-ring (bicyclic) bond motifs is 1. The first-order valence-electron chi connectivity index (χ1n) is 9.55. The second-order valence-electron chi connectivity index (χ2n) is 7.12. The van der Waals surface area contributed by atoms with Gasteiger partial charge in [0.2, 0.25) is 5.91 Å². The van der Waals surface area contributed by atoms with Crippen LogP contribution in [-0.2, 0) is 20.7 Å². The number of aromatic amines is 1. The molecule has 6 heteroatoms. The molecular weight excluding hydrogens is 344 g/mol. The summed E-state index contributed by atoms with van der Waals surface area (Å²) in [5.74, 6) is -0.246. The number of aromatic nitrogens is 1. The van der Waals surface area contributed by atoms with Crippen molar-refractivity contribution in [3.63, 3.8) is 0 Å². The van der Waals surface area contributed by atoms with Crippen molar-refractivity contribution in [3.05, 3.63) is 45.7 Å². The van der Waals surface area contributed by atoms with Gasteiger partial charge in [0.15, 0.2) is 0 Å². The number of H-pyrrole nitrogens is 1. The highest BCUT2D eigenvalue weighted by Crippen LogP contribution is 2.20. The molecule has 1 aromatic heterocycles. The summed E-state index contributed by atoms with van der Waals surface area (Å²) in [6, 6.07) is 7.76. The fourth-order valence-corrected chi connectivity index (χ4v) is 3.58. The number of carbonyl (C=O) groups is 2. The van der Waals surface area contributed by atoms with Crippen molar-refractivity contribution in [1.29, 1.82) is 0 Å². The summed E-state index contributed by atoms with van der Waals surface area (Å²) < 4.78 is 5.06. The number of aryl methyl sites for hydroxylation is 2. The van der Waals surface area contributed by atoms with Crippen LogP contribution in [0.25, 0.3) is 10.9 Å². The van der Waals surface area contributed by atoms with E-state index < -0.39 is 0 Å². The van der Waals surface area contributed by atoms with Crippen molar-refractivity contribution in [2.45, 2.75) is 39.5 Å². The van der Waals surface area contributed by atoms with Gasteiger partial charge in [-0.2, -0.15) is 0 Å². The SMILES string of the molecule is CCOC(=O)C1CCN(C(=O)CCc2cc3cc(C)ccc3[nH]c2=O)CC1. The molecule has 0 saturated carbocycles. The molecule has 1 aliphatic rings. The number of ether oxygens (including phenoxy) is 1. The minimum Gasteiger partial charge on any atom is -0.466 e. The van der Waals surface area contributed by atoms with Crippen LogP contribution in [0.3, 0.4) is 0 Å². The molecule has 1 aromatic carbocycles. The maximum Gasteiger partial charge on any atom is 0.309 e. The second-order valence-corrected chi connectivity index (χ2v) is 7.12. The number of amides is 1. The maximum atomic E-state index is 12.5. The molecule has 0 bridgehead atoms. The molecule has 0 radical (unpaired) electrons. The molecule has 1 amide bonds. The lowest BCUT2D eigenvalue weighted by molar-refractivity contribution is -0.151. The molecule has 1 aliphatic heterocycles. The number of rotatable bonds is 5. The third kappa shape index (κ3) is 4.56. The predicted molar refractivity (Wildman–Crippen MR) is 104 cm³/mol. The molecule has 1 fully saturated rings. The van der Waals surface area contributed by atoms with E-state index in [4.69, 9.17) is 4.74 Å². The van der Waals surface area contributed by atoms with E-state index in [-0.39, 0.29) is 23.4 Å². The molecule has 2 aromatic rings. The Morgan fingerprint density at radius 3 is 2.67 bits per heavy atom. The Kier molecular flexibility index (Phi) is 5.94. The Morgan fingerprint density at radius 1 is 1.22 bits per heavy atom. The predicted octanol–water partition coefficient (Wildman–Crippen LogP) is 2.57. The van der Waals surface area contributed by atoms with Crippen molar-refractivity contribution >= 4 is 22.8 Å². The van der Waals surface area contributed by atoms with Gasteiger partial charge in [-0.1, -0.05) is 11.6 Å². The van der Waals surface area contributed by atoms with E-state index in [1.807, 2.05) is 31.2 Å². The van der Waals surface area contributed by atoms with E-state index >= 15 is 0 Å². The van der Waals surface area contributed by atoms with Gasteiger partial charge >= 0.3 is 5.97 Å². The average molecular weight is 370 g/mol. The number of carbonyl (C=O) groups excluding carboxylic acids is 2. The number of nitrogens with zero attached hydrogens (tertiary/aromatic N) is 1. The van der Waals surface area contributed by atoms with Crippen LogP contribution < -0.4 is 5.56 Å². The lowest BCUT2D eigenvalue weighted by Crippen LogP contribution is -2.40. The molecule has 0 spiro atoms. The Labute approximate surface area is 158 Å². The van der Waals surface area contributed by atoms with Crippen molar-refractivity contribution in [2.75, 3.05) is 19.7 Å². The Hall–Kier alpha value is -2.63. The molecule has 6 nitrogen and oxygen atoms in total. The molecule has 0 aliphatic carbocycles. The standard InChI is InChI=1S/C21H26N2O4/c1-3-27-21(26)15-8-10-23(11-9-15)19(24)7-5-16-13-17-12-14(2)4-6-18(17)22-20(16)25/h4,6,12-13,15H,3,5,7-11H2,1-2H3,(H,22,25). The minimum absolute atomic E-state index is 0.0287. The van der Waals surface area contributed by atoms with E-state index in [1.54, 1.807) is 11.8 Å². The zero-order chi connectivity index (χ0) is 19.4. The monoisotopic (exact) mass is 370 g/mol. The van der Waals surface area contributed by atoms with Gasteiger partial charge in [-0.3, -0.25) is 14.4 Å². The van der Waals surface area contributed by atoms with Crippen LogP contribution in [0.4, 0.5) is 0 Å². The number of hydrogen-bond acceptors (Lipinski definition) is 4. The number of pyridine rings is 1. The highest BCUT2D eigenvalue weighted by atomic mass is 16.5. The number of hydrogen-bond donors (Lipinski definition) is 1. The molecule has 27 heavy (non-hydrogen) atoms. The van der Waals surface area contributed by atoms with Gasteiger partial charge in [-0.25, -0.2) is 0 Å². The van der Waals surface area contributed by atoms with Gasteiger partial charge < -0.3 is 14.6 Å². The van der Waals surface area contributed by atoms with Crippen LogP contribution in [0.5, 0.6) is 0 Å². The fraction of sp³-hybridized carbons (Fsp3) is 0.476. The van der Waals surface area contributed by atoms with E-state index in [0.717, 1.165) is 16.5 Å². The lowest BCUT2D eigenvalue weighted by Gasteiger charge is -2.31. The zero-order valence-corrected chi connectivity index (χ0v) is 15.9. The van der Waals surface area contributed by atoms with Crippen LogP contribution in [0.1, 0.15) is 37.3 Å². The van der Waals surface area contributed by atoms with Crippen molar-refractivity contribution in [2.24, 2.45) is 5.92 Å². The van der Waals surface area contributed by atoms with Crippen molar-refractivity contribution in [1.82, 2.24) is 9.88 Å². The summed E-state index contributed by atoms with van der Waals surface area (Å²) >= 11 is 0. The van der Waals surface area contributed by atoms with E-state index in [1.165, 1.54) is 0 Å². The van der Waals surface area contributed by atoms with Gasteiger partial charge in [-0.05, 0) is 56.7 Å². The molecule has 2 heterocycles. The first kappa shape index (κ1) is 19.1. The van der Waals surface area contributed by atoms with Crippen LogP contribution >= 0.6 is 0 Å². The largest absolute Gasteiger partial charge is 0.466 e. The molecule has 0 unspecified atom stereocenters. The highest BCUT2D eigenvalue weighted by molar-refractivity contribution is 5.80. The number of esters is 1. The van der Waals surface area contributed by atoms with E-state index in [0.29, 0.717) is 50.9 Å². The number of benzene rings is 1. The fourth-order valence-electron chi connectivity index (χ4n) is 3.58. The van der Waals surface area contributed by atoms with Crippen LogP contribution in [-0.4, -0.2) is 41.5 Å². The van der Waals surface area contributed by atoms with Gasteiger partial charge in [0.05, 0.1) is 12.5 Å². The first-order valence-corrected chi connectivity index (χ1v) is 9.55. The number of nitrogens with one attached hydrogen (secondary N) is 1. The summed E-state index contributed by atoms with van der Waals surface area (Å²) in [5.41, 5.74) is 2.42. The van der Waals surface area contributed by atoms with Gasteiger partial charge in [0.25, 0.3) is 5.56 Å². The van der Waals surface area contributed by atoms with Gasteiger partial charge in [-0.15, -0.1) is 0 Å². The molecule has 1 saturated heterocycles. The van der Waals surface area contributed by atoms with Crippen molar-refractivity contribution in [3.8, 4) is 0 Å². The highest BCUT2D eigenvalue weighted by Gasteiger charge is 2.28. The number of likely N-dealkylation sites (tertiary alicyclic amines) is 1. The maximum absolute atomic E-state index is 12.5. The third-order valence-corrected chi connectivity index (χ3v) is 5.15. The van der Waals surface area contributed by atoms with Crippen LogP contribution in [0.15, 0.2) is 29.1 Å². The Bertz CT molecular complexity index is 895. The smallest absolute Gasteiger partial charge is 0.309 e. The molecular formula is C21H26N2O4. The van der Waals surface area contributed by atoms with E-state index in [9.17, 15) is 14.4 Å². The van der Waals surface area contributed by atoms with Crippen LogP contribution in [0, 0.1) is 12.8 Å². The third-order valence-electron chi connectivity index (χ3n) is 5.15. The minimum atomic E-state index is -0.164. The van der Waals surface area contributed by atoms with Crippen LogP contribution in [0.2, 0.25) is 0 Å². The summed E-state index contributed by atoms with van der Waals surface area (Å²) in [4.78, 5) is 41.2. The average Bonchev–Trinajstić information content (AvgIpc) is 2.66. The van der Waals surface area contributed by atoms with Gasteiger partial charge in [0.1, 0.15) is 0 Å². The summed E-state index contributed by atoms with van der Waals surface area (Å²) in [6.07, 6.45) is 1.99. The Morgan fingerprint density at radius 2 is 1.96 bits per heavy atom. The summed E-state index contributed by atoms with van der Waals surface area (Å²) in [7, 11) is 0. The molecule has 144 valence electrons. The topological polar surface area (TPSA) is 79.5 Å². The first-order chi connectivity index (χ1) is 13.0. The quantitative estimate of drug-likeness (QED) is 0.821. The Balaban J connectivity index is 1.58.